The Hall–Kier alpha value is -1.28. The lowest BCUT2D eigenvalue weighted by molar-refractivity contribution is 0.534. The van der Waals surface area contributed by atoms with Gasteiger partial charge < -0.3 is 5.32 Å². The molecule has 1 aliphatic carbocycles. The van der Waals surface area contributed by atoms with Crippen molar-refractivity contribution in [3.63, 3.8) is 0 Å². The van der Waals surface area contributed by atoms with E-state index in [4.69, 9.17) is 0 Å². The largest absolute Gasteiger partial charge is 0.377 e. The maximum atomic E-state index is 3.72. The maximum Gasteiger partial charge on any atom is 0.0517 e. The molecule has 2 heteroatoms. The lowest BCUT2D eigenvalue weighted by atomic mass is 9.81. The zero-order valence-corrected chi connectivity index (χ0v) is 13.6. The van der Waals surface area contributed by atoms with E-state index in [1.54, 1.807) is 0 Å². The molecule has 0 spiro atoms. The van der Waals surface area contributed by atoms with Gasteiger partial charge in [0.1, 0.15) is 0 Å². The van der Waals surface area contributed by atoms with Gasteiger partial charge in [-0.25, -0.2) is 0 Å². The predicted molar refractivity (Wildman–Crippen MR) is 89.3 cm³/mol. The summed E-state index contributed by atoms with van der Waals surface area (Å²) >= 11 is 3.70. The third-order valence-corrected chi connectivity index (χ3v) is 5.36. The monoisotopic (exact) mass is 329 g/mol. The second-order valence-corrected chi connectivity index (χ2v) is 6.53. The molecular formula is C18H20BrN. The van der Waals surface area contributed by atoms with Crippen molar-refractivity contribution in [3.8, 4) is 0 Å². The van der Waals surface area contributed by atoms with Crippen molar-refractivity contribution >= 4 is 21.6 Å². The zero-order valence-electron chi connectivity index (χ0n) is 12.0. The molecule has 0 saturated carbocycles. The molecule has 2 atom stereocenters. The molecule has 0 bridgehead atoms. The van der Waals surface area contributed by atoms with Gasteiger partial charge in [-0.2, -0.15) is 0 Å². The topological polar surface area (TPSA) is 12.0 Å². The fourth-order valence-electron chi connectivity index (χ4n) is 3.10. The highest BCUT2D eigenvalue weighted by molar-refractivity contribution is 9.10. The van der Waals surface area contributed by atoms with E-state index in [0.29, 0.717) is 12.0 Å². The van der Waals surface area contributed by atoms with E-state index in [9.17, 15) is 0 Å². The van der Waals surface area contributed by atoms with Gasteiger partial charge in [0.15, 0.2) is 0 Å². The van der Waals surface area contributed by atoms with Gasteiger partial charge in [0.2, 0.25) is 0 Å². The molecule has 3 rings (SSSR count). The third kappa shape index (κ3) is 2.49. The number of hydrogen-bond donors (Lipinski definition) is 1. The van der Waals surface area contributed by atoms with Gasteiger partial charge in [0.05, 0.1) is 6.04 Å². The summed E-state index contributed by atoms with van der Waals surface area (Å²) in [6.45, 7) is 4.46. The summed E-state index contributed by atoms with van der Waals surface area (Å²) in [5, 5.41) is 3.72. The highest BCUT2D eigenvalue weighted by atomic mass is 79.9. The molecule has 1 aliphatic rings. The summed E-state index contributed by atoms with van der Waals surface area (Å²) in [7, 11) is 0. The first-order valence-corrected chi connectivity index (χ1v) is 8.06. The van der Waals surface area contributed by atoms with Crippen LogP contribution in [0.25, 0.3) is 0 Å². The van der Waals surface area contributed by atoms with Gasteiger partial charge in [-0.1, -0.05) is 43.3 Å². The van der Waals surface area contributed by atoms with Crippen molar-refractivity contribution in [3.05, 3.63) is 63.6 Å². The zero-order chi connectivity index (χ0) is 14.1. The first-order valence-electron chi connectivity index (χ1n) is 7.27. The maximum absolute atomic E-state index is 3.72. The minimum absolute atomic E-state index is 0.417. The summed E-state index contributed by atoms with van der Waals surface area (Å²) < 4.78 is 1.18. The van der Waals surface area contributed by atoms with E-state index < -0.39 is 0 Å². The quantitative estimate of drug-likeness (QED) is 0.733. The minimum atomic E-state index is 0.417. The highest BCUT2D eigenvalue weighted by Crippen LogP contribution is 2.40. The summed E-state index contributed by atoms with van der Waals surface area (Å²) in [5.41, 5.74) is 5.42. The van der Waals surface area contributed by atoms with Crippen LogP contribution in [0.4, 0.5) is 5.69 Å². The molecule has 20 heavy (non-hydrogen) atoms. The minimum Gasteiger partial charge on any atom is -0.377 e. The summed E-state index contributed by atoms with van der Waals surface area (Å²) in [6, 6.07) is 15.7. The molecule has 104 valence electrons. The lowest BCUT2D eigenvalue weighted by Gasteiger charge is -2.31. The summed E-state index contributed by atoms with van der Waals surface area (Å²) in [6.07, 6.45) is 2.44. The Balaban J connectivity index is 1.93. The molecule has 1 N–H and O–H groups in total. The Kier molecular flexibility index (Phi) is 3.84. The molecule has 0 aliphatic heterocycles. The Bertz CT molecular complexity index is 621. The number of aryl methyl sites for hydroxylation is 1. The van der Waals surface area contributed by atoms with Crippen LogP contribution in [-0.2, 0) is 0 Å². The summed E-state index contributed by atoms with van der Waals surface area (Å²) in [5.74, 6) is 0.671. The molecule has 2 unspecified atom stereocenters. The van der Waals surface area contributed by atoms with Gasteiger partial charge >= 0.3 is 0 Å². The SMILES string of the molecule is Cc1cccc(NC2CCC(C)c3ccccc32)c1Br. The van der Waals surface area contributed by atoms with Crippen LogP contribution in [-0.4, -0.2) is 0 Å². The van der Waals surface area contributed by atoms with E-state index >= 15 is 0 Å². The van der Waals surface area contributed by atoms with Crippen LogP contribution >= 0.6 is 15.9 Å². The van der Waals surface area contributed by atoms with Gasteiger partial charge in [0.25, 0.3) is 0 Å². The lowest BCUT2D eigenvalue weighted by Crippen LogP contribution is -2.19. The van der Waals surface area contributed by atoms with E-state index in [2.05, 4.69) is 77.6 Å². The van der Waals surface area contributed by atoms with E-state index in [1.165, 1.54) is 39.7 Å². The van der Waals surface area contributed by atoms with Gasteiger partial charge in [-0.05, 0) is 64.4 Å². The standard InChI is InChI=1S/C18H20BrN/c1-12-10-11-16(15-8-4-3-7-14(12)15)20-17-9-5-6-13(2)18(17)19/h3-9,12,16,20H,10-11H2,1-2H3. The number of halogens is 1. The number of anilines is 1. The summed E-state index contributed by atoms with van der Waals surface area (Å²) in [4.78, 5) is 0. The fraction of sp³-hybridized carbons (Fsp3) is 0.333. The number of benzene rings is 2. The van der Waals surface area contributed by atoms with Crippen LogP contribution in [0.3, 0.4) is 0 Å². The second-order valence-electron chi connectivity index (χ2n) is 5.74. The third-order valence-electron chi connectivity index (χ3n) is 4.31. The molecule has 0 heterocycles. The van der Waals surface area contributed by atoms with Crippen molar-refractivity contribution in [2.75, 3.05) is 5.32 Å². The molecular weight excluding hydrogens is 310 g/mol. The van der Waals surface area contributed by atoms with Crippen molar-refractivity contribution < 1.29 is 0 Å². The van der Waals surface area contributed by atoms with Gasteiger partial charge in [-0.15, -0.1) is 0 Å². The Morgan fingerprint density at radius 1 is 1.00 bits per heavy atom. The van der Waals surface area contributed by atoms with Crippen molar-refractivity contribution in [2.45, 2.75) is 38.6 Å². The molecule has 2 aromatic carbocycles. The van der Waals surface area contributed by atoms with E-state index in [0.717, 1.165) is 0 Å². The molecule has 1 nitrogen and oxygen atoms in total. The second kappa shape index (κ2) is 5.61. The molecule has 0 amide bonds. The number of nitrogens with one attached hydrogen (secondary N) is 1. The van der Waals surface area contributed by atoms with Crippen LogP contribution in [0.1, 0.15) is 48.4 Å². The molecule has 2 aromatic rings. The van der Waals surface area contributed by atoms with E-state index in [-0.39, 0.29) is 0 Å². The smallest absolute Gasteiger partial charge is 0.0517 e. The fourth-order valence-corrected chi connectivity index (χ4v) is 3.48. The van der Waals surface area contributed by atoms with Crippen LogP contribution in [0.15, 0.2) is 46.9 Å². The molecule has 0 saturated heterocycles. The highest BCUT2D eigenvalue weighted by Gasteiger charge is 2.24. The average Bonchev–Trinajstić information content (AvgIpc) is 2.47. The number of rotatable bonds is 2. The molecule has 0 fully saturated rings. The molecule has 0 radical (unpaired) electrons. The van der Waals surface area contributed by atoms with Crippen LogP contribution in [0.2, 0.25) is 0 Å². The number of fused-ring (bicyclic) bond motifs is 1. The Morgan fingerprint density at radius 3 is 2.55 bits per heavy atom. The normalized spacial score (nSPS) is 21.4. The predicted octanol–water partition coefficient (Wildman–Crippen LogP) is 5.81. The van der Waals surface area contributed by atoms with Crippen molar-refractivity contribution in [1.29, 1.82) is 0 Å². The first-order chi connectivity index (χ1) is 9.66. The molecule has 0 aromatic heterocycles. The van der Waals surface area contributed by atoms with Crippen LogP contribution < -0.4 is 5.32 Å². The van der Waals surface area contributed by atoms with Crippen molar-refractivity contribution in [2.24, 2.45) is 0 Å². The Morgan fingerprint density at radius 2 is 1.75 bits per heavy atom. The van der Waals surface area contributed by atoms with Crippen molar-refractivity contribution in [1.82, 2.24) is 0 Å². The van der Waals surface area contributed by atoms with Crippen LogP contribution in [0.5, 0.6) is 0 Å². The average molecular weight is 330 g/mol. The van der Waals surface area contributed by atoms with Gasteiger partial charge in [-0.3, -0.25) is 0 Å². The van der Waals surface area contributed by atoms with E-state index in [1.807, 2.05) is 0 Å². The Labute approximate surface area is 129 Å². The number of hydrogen-bond acceptors (Lipinski definition) is 1. The first kappa shape index (κ1) is 13.7. The van der Waals surface area contributed by atoms with Gasteiger partial charge in [0, 0.05) is 10.2 Å². The van der Waals surface area contributed by atoms with Crippen LogP contribution in [0, 0.1) is 6.92 Å².